The molecule has 0 fully saturated rings. The number of aromatic hydroxyl groups is 8. The Bertz CT molecular complexity index is 1680. The third-order valence-corrected chi connectivity index (χ3v) is 7.25. The number of rotatable bonds is 12. The third kappa shape index (κ3) is 16.8. The van der Waals surface area contributed by atoms with Crippen LogP contribution in [0.25, 0.3) is 0 Å². The van der Waals surface area contributed by atoms with Gasteiger partial charge in [0.15, 0.2) is 46.0 Å². The van der Waals surface area contributed by atoms with Crippen LogP contribution in [0.3, 0.4) is 0 Å². The fourth-order valence-electron chi connectivity index (χ4n) is 4.15. The molecule has 4 aromatic rings. The first-order chi connectivity index (χ1) is 26.0. The van der Waals surface area contributed by atoms with Crippen molar-refractivity contribution in [1.82, 2.24) is 0 Å². The van der Waals surface area contributed by atoms with Gasteiger partial charge in [-0.1, -0.05) is 24.3 Å². The maximum Gasteiger partial charge on any atom is 0.320 e. The number of benzene rings is 4. The van der Waals surface area contributed by atoms with Crippen LogP contribution in [0.2, 0.25) is 0 Å². The minimum atomic E-state index is -1.10. The molecule has 0 spiro atoms. The Morgan fingerprint density at radius 1 is 0.339 bits per heavy atom. The molecule has 304 valence electrons. The summed E-state index contributed by atoms with van der Waals surface area (Å²) in [6, 6.07) is 12.4. The predicted molar refractivity (Wildman–Crippen MR) is 196 cm³/mol. The fourth-order valence-corrected chi connectivity index (χ4v) is 4.15. The summed E-state index contributed by atoms with van der Waals surface area (Å²) in [4.78, 5) is 41.7. The van der Waals surface area contributed by atoms with E-state index in [1.807, 2.05) is 0 Å². The molecule has 0 bridgehead atoms. The molecule has 0 unspecified atom stereocenters. The molecular formula is C36H44N4O16. The Morgan fingerprint density at radius 3 is 0.625 bits per heavy atom. The van der Waals surface area contributed by atoms with Crippen molar-refractivity contribution >= 4 is 23.9 Å². The summed E-state index contributed by atoms with van der Waals surface area (Å²) in [5, 5.41) is 107. The first-order valence-corrected chi connectivity index (χ1v) is 16.0. The van der Waals surface area contributed by atoms with Crippen LogP contribution in [0.5, 0.6) is 46.0 Å². The molecule has 4 atom stereocenters. The molecule has 20 nitrogen and oxygen atoms in total. The summed E-state index contributed by atoms with van der Waals surface area (Å²) in [6.45, 7) is 0. The first kappa shape index (κ1) is 47.0. The van der Waals surface area contributed by atoms with E-state index in [2.05, 4.69) is 0 Å². The highest BCUT2D eigenvalue weighted by Crippen LogP contribution is 2.27. The van der Waals surface area contributed by atoms with Gasteiger partial charge in [-0.2, -0.15) is 0 Å². The van der Waals surface area contributed by atoms with Gasteiger partial charge in [-0.15, -0.1) is 0 Å². The fraction of sp³-hybridized carbons (Fsp3) is 0.222. The SMILES string of the molecule is N[C@@H](Cc1ccc(O)c(O)c1)C(=O)O.N[C@@H](Cc1ccc(O)c(O)c1)C(=O)O.N[C@@H](Cc1ccc(O)c(O)c1)C(=O)O.N[C@@H](Cc1ccc(O)c(O)c1)C(=O)O. The van der Waals surface area contributed by atoms with E-state index in [-0.39, 0.29) is 71.7 Å². The Kier molecular flexibility index (Phi) is 18.7. The van der Waals surface area contributed by atoms with E-state index in [0.717, 1.165) is 0 Å². The molecule has 0 amide bonds. The Labute approximate surface area is 318 Å². The topological polar surface area (TPSA) is 415 Å². The third-order valence-electron chi connectivity index (χ3n) is 7.25. The van der Waals surface area contributed by atoms with E-state index in [1.54, 1.807) is 0 Å². The molecule has 56 heavy (non-hydrogen) atoms. The summed E-state index contributed by atoms with van der Waals surface area (Å²) in [5.74, 6) is -6.46. The van der Waals surface area contributed by atoms with E-state index >= 15 is 0 Å². The molecule has 0 aliphatic heterocycles. The average molecular weight is 789 g/mol. The van der Waals surface area contributed by atoms with Crippen molar-refractivity contribution in [3.8, 4) is 46.0 Å². The van der Waals surface area contributed by atoms with E-state index in [1.165, 1.54) is 72.8 Å². The van der Waals surface area contributed by atoms with E-state index in [4.69, 9.17) is 84.2 Å². The quantitative estimate of drug-likeness (QED) is 0.0853. The van der Waals surface area contributed by atoms with Crippen molar-refractivity contribution in [1.29, 1.82) is 0 Å². The first-order valence-electron chi connectivity index (χ1n) is 16.0. The van der Waals surface area contributed by atoms with Crippen LogP contribution in [-0.2, 0) is 44.9 Å². The molecule has 4 aromatic carbocycles. The van der Waals surface area contributed by atoms with Gasteiger partial charge in [0, 0.05) is 0 Å². The average Bonchev–Trinajstić information content (AvgIpc) is 3.12. The summed E-state index contributed by atoms with van der Waals surface area (Å²) < 4.78 is 0. The maximum absolute atomic E-state index is 10.4. The molecule has 0 saturated heterocycles. The number of phenolic OH excluding ortho intramolecular Hbond substituents is 8. The zero-order valence-electron chi connectivity index (χ0n) is 29.4. The number of aliphatic carboxylic acids is 4. The highest BCUT2D eigenvalue weighted by atomic mass is 16.4. The number of hydrogen-bond donors (Lipinski definition) is 16. The van der Waals surface area contributed by atoms with Crippen molar-refractivity contribution in [2.75, 3.05) is 0 Å². The number of carboxylic acid groups (broad SMARTS) is 4. The second-order valence-electron chi connectivity index (χ2n) is 11.9. The van der Waals surface area contributed by atoms with Crippen LogP contribution in [0, 0.1) is 0 Å². The summed E-state index contributed by atoms with van der Waals surface area (Å²) >= 11 is 0. The standard InChI is InChI=1S/4C9H11NO4/c4*10-6(9(13)14)3-5-1-2-7(11)8(12)4-5/h4*1-2,4,6,11-12H,3,10H2,(H,13,14)/t4*6-/m0000/s1. The maximum atomic E-state index is 10.4. The molecule has 20 heteroatoms. The lowest BCUT2D eigenvalue weighted by molar-refractivity contribution is -0.139. The zero-order valence-corrected chi connectivity index (χ0v) is 29.4. The van der Waals surface area contributed by atoms with Crippen LogP contribution in [0.4, 0.5) is 0 Å². The minimum Gasteiger partial charge on any atom is -0.504 e. The second kappa shape index (κ2) is 22.3. The Hall–Kier alpha value is -7.00. The molecule has 0 saturated carbocycles. The largest absolute Gasteiger partial charge is 0.504 e. The second-order valence-corrected chi connectivity index (χ2v) is 11.9. The van der Waals surface area contributed by atoms with Crippen LogP contribution in [0.1, 0.15) is 22.3 Å². The van der Waals surface area contributed by atoms with Crippen LogP contribution in [-0.4, -0.2) is 109 Å². The number of hydrogen-bond acceptors (Lipinski definition) is 16. The van der Waals surface area contributed by atoms with Crippen molar-refractivity contribution in [2.45, 2.75) is 49.9 Å². The van der Waals surface area contributed by atoms with Gasteiger partial charge in [0.25, 0.3) is 0 Å². The van der Waals surface area contributed by atoms with Gasteiger partial charge in [0.2, 0.25) is 0 Å². The zero-order chi connectivity index (χ0) is 42.9. The number of carboxylic acids is 4. The van der Waals surface area contributed by atoms with Crippen molar-refractivity contribution in [3.05, 3.63) is 95.1 Å². The van der Waals surface area contributed by atoms with Crippen molar-refractivity contribution in [3.63, 3.8) is 0 Å². The van der Waals surface area contributed by atoms with E-state index in [9.17, 15) is 19.2 Å². The number of nitrogens with two attached hydrogens (primary N) is 4. The van der Waals surface area contributed by atoms with Gasteiger partial charge < -0.3 is 84.2 Å². The predicted octanol–water partition coefficient (Wildman–Crippen LogP) is 0.209. The van der Waals surface area contributed by atoms with Gasteiger partial charge in [-0.3, -0.25) is 19.2 Å². The van der Waals surface area contributed by atoms with Crippen LogP contribution in [0.15, 0.2) is 72.8 Å². The van der Waals surface area contributed by atoms with Crippen LogP contribution >= 0.6 is 0 Å². The normalized spacial score (nSPS) is 12.4. The van der Waals surface area contributed by atoms with Gasteiger partial charge in [-0.25, -0.2) is 0 Å². The number of phenols is 8. The molecule has 0 aliphatic carbocycles. The molecular weight excluding hydrogens is 744 g/mol. The molecule has 20 N–H and O–H groups in total. The van der Waals surface area contributed by atoms with Crippen molar-refractivity contribution < 1.29 is 80.5 Å². The van der Waals surface area contributed by atoms with Gasteiger partial charge >= 0.3 is 23.9 Å². The highest BCUT2D eigenvalue weighted by Gasteiger charge is 2.15. The van der Waals surface area contributed by atoms with Crippen LogP contribution < -0.4 is 22.9 Å². The lowest BCUT2D eigenvalue weighted by Crippen LogP contribution is -2.32. The minimum absolute atomic E-state index is 0.114. The van der Waals surface area contributed by atoms with Gasteiger partial charge in [0.05, 0.1) is 0 Å². The highest BCUT2D eigenvalue weighted by molar-refractivity contribution is 5.75. The Morgan fingerprint density at radius 2 is 0.500 bits per heavy atom. The van der Waals surface area contributed by atoms with Crippen molar-refractivity contribution in [2.24, 2.45) is 22.9 Å². The molecule has 0 heterocycles. The summed E-state index contributed by atoms with van der Waals surface area (Å²) in [6.07, 6.45) is 0.457. The molecule has 4 rings (SSSR count). The number of carbonyl (C=O) groups is 4. The summed E-state index contributed by atoms with van der Waals surface area (Å²) in [7, 11) is 0. The monoisotopic (exact) mass is 788 g/mol. The lowest BCUT2D eigenvalue weighted by atomic mass is 10.1. The molecule has 0 aliphatic rings. The molecule has 0 radical (unpaired) electrons. The van der Waals surface area contributed by atoms with E-state index < -0.39 is 48.0 Å². The smallest absolute Gasteiger partial charge is 0.320 e. The van der Waals surface area contributed by atoms with E-state index in [0.29, 0.717) is 22.3 Å². The Balaban J connectivity index is 0.000000373. The summed E-state index contributed by atoms with van der Waals surface area (Å²) in [5.41, 5.74) is 23.4. The molecule has 0 aromatic heterocycles. The van der Waals surface area contributed by atoms with Gasteiger partial charge in [-0.05, 0) is 96.5 Å². The lowest BCUT2D eigenvalue weighted by Gasteiger charge is -2.06. The van der Waals surface area contributed by atoms with Gasteiger partial charge in [0.1, 0.15) is 24.2 Å².